The second kappa shape index (κ2) is 4.93. The molecule has 0 fully saturated rings. The maximum Gasteiger partial charge on any atom is 0.256 e. The molecule has 1 aliphatic rings. The molecule has 2 aromatic carbocycles. The van der Waals surface area contributed by atoms with Gasteiger partial charge < -0.3 is 5.32 Å². The van der Waals surface area contributed by atoms with Crippen molar-refractivity contribution < 1.29 is 9.18 Å². The lowest BCUT2D eigenvalue weighted by Crippen LogP contribution is -2.03. The molecule has 1 heterocycles. The number of halogens is 3. The van der Waals surface area contributed by atoms with Crippen LogP contribution in [0, 0.1) is 5.82 Å². The number of carbonyl (C=O) groups excluding carboxylic acids is 1. The van der Waals surface area contributed by atoms with E-state index in [1.165, 1.54) is 12.1 Å². The summed E-state index contributed by atoms with van der Waals surface area (Å²) in [7, 11) is 0. The smallest absolute Gasteiger partial charge is 0.256 e. The number of nitrogens with one attached hydrogen (secondary N) is 1. The predicted octanol–water partition coefficient (Wildman–Crippen LogP) is 4.63. The van der Waals surface area contributed by atoms with Crippen LogP contribution in [-0.2, 0) is 4.79 Å². The molecule has 100 valence electrons. The highest BCUT2D eigenvalue weighted by atomic mass is 35.5. The standard InChI is InChI=1S/C15H8Cl2FNO/c16-12-4-1-8(6-13(12)17)5-11-10-3-2-9(18)7-14(10)19-15(11)20/h1-7H,(H,19,20)/b11-5+. The van der Waals surface area contributed by atoms with Crippen LogP contribution in [0.2, 0.25) is 10.0 Å². The fourth-order valence-electron chi connectivity index (χ4n) is 2.08. The first-order chi connectivity index (χ1) is 9.54. The van der Waals surface area contributed by atoms with Crippen LogP contribution in [0.4, 0.5) is 10.1 Å². The largest absolute Gasteiger partial charge is 0.321 e. The van der Waals surface area contributed by atoms with Crippen LogP contribution in [0.3, 0.4) is 0 Å². The lowest BCUT2D eigenvalue weighted by molar-refractivity contribution is -0.110. The lowest BCUT2D eigenvalue weighted by Gasteiger charge is -2.00. The molecule has 5 heteroatoms. The number of hydrogen-bond donors (Lipinski definition) is 1. The molecule has 3 rings (SSSR count). The molecule has 2 nitrogen and oxygen atoms in total. The molecule has 1 aliphatic heterocycles. The van der Waals surface area contributed by atoms with Gasteiger partial charge in [0.15, 0.2) is 0 Å². The minimum atomic E-state index is -0.389. The van der Waals surface area contributed by atoms with Gasteiger partial charge in [-0.1, -0.05) is 29.3 Å². The Bertz CT molecular complexity index is 756. The SMILES string of the molecule is O=C1Nc2cc(F)ccc2/C1=C\c1ccc(Cl)c(Cl)c1. The van der Waals surface area contributed by atoms with Gasteiger partial charge in [0.25, 0.3) is 5.91 Å². The first-order valence-corrected chi connectivity index (χ1v) is 6.58. The van der Waals surface area contributed by atoms with E-state index in [-0.39, 0.29) is 11.7 Å². The predicted molar refractivity (Wildman–Crippen MR) is 79.4 cm³/mol. The van der Waals surface area contributed by atoms with Gasteiger partial charge in [-0.25, -0.2) is 4.39 Å². The summed E-state index contributed by atoms with van der Waals surface area (Å²) in [6, 6.07) is 9.28. The Morgan fingerprint density at radius 3 is 2.60 bits per heavy atom. The van der Waals surface area contributed by atoms with E-state index in [9.17, 15) is 9.18 Å². The van der Waals surface area contributed by atoms with Crippen LogP contribution in [-0.4, -0.2) is 5.91 Å². The quantitative estimate of drug-likeness (QED) is 0.765. The van der Waals surface area contributed by atoms with Crippen molar-refractivity contribution in [1.29, 1.82) is 0 Å². The van der Waals surface area contributed by atoms with E-state index in [4.69, 9.17) is 23.2 Å². The van der Waals surface area contributed by atoms with Crippen LogP contribution in [0.15, 0.2) is 36.4 Å². The van der Waals surface area contributed by atoms with E-state index in [1.54, 1.807) is 30.3 Å². The molecule has 0 saturated carbocycles. The molecule has 0 aromatic heterocycles. The van der Waals surface area contributed by atoms with Crippen molar-refractivity contribution in [1.82, 2.24) is 0 Å². The van der Waals surface area contributed by atoms with Gasteiger partial charge in [0.05, 0.1) is 15.7 Å². The van der Waals surface area contributed by atoms with E-state index in [2.05, 4.69) is 5.32 Å². The van der Waals surface area contributed by atoms with Crippen molar-refractivity contribution in [2.24, 2.45) is 0 Å². The molecule has 0 spiro atoms. The van der Waals surface area contributed by atoms with Crippen molar-refractivity contribution in [2.45, 2.75) is 0 Å². The Morgan fingerprint density at radius 2 is 1.85 bits per heavy atom. The number of anilines is 1. The maximum atomic E-state index is 13.1. The van der Waals surface area contributed by atoms with Crippen LogP contribution in [0.5, 0.6) is 0 Å². The van der Waals surface area contributed by atoms with Gasteiger partial charge in [-0.2, -0.15) is 0 Å². The van der Waals surface area contributed by atoms with Crippen molar-refractivity contribution in [3.8, 4) is 0 Å². The van der Waals surface area contributed by atoms with Crippen molar-refractivity contribution in [3.05, 3.63) is 63.4 Å². The van der Waals surface area contributed by atoms with Gasteiger partial charge in [-0.05, 0) is 42.0 Å². The highest BCUT2D eigenvalue weighted by Gasteiger charge is 2.24. The fourth-order valence-corrected chi connectivity index (χ4v) is 2.39. The van der Waals surface area contributed by atoms with Gasteiger partial charge >= 0.3 is 0 Å². The van der Waals surface area contributed by atoms with Crippen LogP contribution in [0.25, 0.3) is 11.6 Å². The summed E-state index contributed by atoms with van der Waals surface area (Å²) in [6.45, 7) is 0. The Kier molecular flexibility index (Phi) is 3.24. The molecule has 0 bridgehead atoms. The molecule has 1 amide bonds. The van der Waals surface area contributed by atoms with Crippen LogP contribution in [0.1, 0.15) is 11.1 Å². The Balaban J connectivity index is 2.08. The summed E-state index contributed by atoms with van der Waals surface area (Å²) >= 11 is 11.8. The Hall–Kier alpha value is -1.84. The van der Waals surface area contributed by atoms with Crippen LogP contribution >= 0.6 is 23.2 Å². The average molecular weight is 308 g/mol. The van der Waals surface area contributed by atoms with Gasteiger partial charge in [-0.15, -0.1) is 0 Å². The van der Waals surface area contributed by atoms with E-state index in [0.717, 1.165) is 5.56 Å². The number of carbonyl (C=O) groups is 1. The van der Waals surface area contributed by atoms with E-state index in [0.29, 0.717) is 26.9 Å². The minimum Gasteiger partial charge on any atom is -0.321 e. The van der Waals surface area contributed by atoms with E-state index in [1.807, 2.05) is 0 Å². The van der Waals surface area contributed by atoms with E-state index < -0.39 is 0 Å². The third-order valence-corrected chi connectivity index (χ3v) is 3.76. The summed E-state index contributed by atoms with van der Waals surface area (Å²) in [5.41, 5.74) is 2.36. The van der Waals surface area contributed by atoms with Gasteiger partial charge in [0, 0.05) is 11.1 Å². The molecule has 0 radical (unpaired) electrons. The lowest BCUT2D eigenvalue weighted by atomic mass is 10.0. The third kappa shape index (κ3) is 2.30. The third-order valence-electron chi connectivity index (χ3n) is 3.02. The van der Waals surface area contributed by atoms with E-state index >= 15 is 0 Å². The van der Waals surface area contributed by atoms with Gasteiger partial charge in [-0.3, -0.25) is 4.79 Å². The summed E-state index contributed by atoms with van der Waals surface area (Å²) in [5, 5.41) is 3.49. The molecule has 1 N–H and O–H groups in total. The van der Waals surface area contributed by atoms with Crippen molar-refractivity contribution >= 4 is 46.4 Å². The molecule has 0 saturated heterocycles. The molecule has 0 unspecified atom stereocenters. The Labute approximate surface area is 124 Å². The fraction of sp³-hybridized carbons (Fsp3) is 0. The number of fused-ring (bicyclic) bond motifs is 1. The minimum absolute atomic E-state index is 0.267. The summed E-state index contributed by atoms with van der Waals surface area (Å²) in [4.78, 5) is 11.9. The monoisotopic (exact) mass is 307 g/mol. The zero-order valence-electron chi connectivity index (χ0n) is 10.1. The average Bonchev–Trinajstić information content (AvgIpc) is 2.69. The number of hydrogen-bond acceptors (Lipinski definition) is 1. The topological polar surface area (TPSA) is 29.1 Å². The summed E-state index contributed by atoms with van der Waals surface area (Å²) in [5.74, 6) is -0.656. The zero-order chi connectivity index (χ0) is 14.3. The van der Waals surface area contributed by atoms with Crippen molar-refractivity contribution in [3.63, 3.8) is 0 Å². The summed E-state index contributed by atoms with van der Waals surface area (Å²) < 4.78 is 13.1. The summed E-state index contributed by atoms with van der Waals surface area (Å²) in [6.07, 6.45) is 1.70. The molecule has 0 atom stereocenters. The number of benzene rings is 2. The van der Waals surface area contributed by atoms with Crippen molar-refractivity contribution in [2.75, 3.05) is 5.32 Å². The molecular weight excluding hydrogens is 300 g/mol. The highest BCUT2D eigenvalue weighted by Crippen LogP contribution is 2.34. The van der Waals surface area contributed by atoms with Crippen LogP contribution < -0.4 is 5.32 Å². The second-order valence-corrected chi connectivity index (χ2v) is 5.19. The maximum absolute atomic E-state index is 13.1. The zero-order valence-corrected chi connectivity index (χ0v) is 11.6. The number of amides is 1. The second-order valence-electron chi connectivity index (χ2n) is 4.38. The first kappa shape index (κ1) is 13.2. The molecular formula is C15H8Cl2FNO. The molecule has 0 aliphatic carbocycles. The van der Waals surface area contributed by atoms with Gasteiger partial charge in [0.2, 0.25) is 0 Å². The van der Waals surface area contributed by atoms with Gasteiger partial charge in [0.1, 0.15) is 5.82 Å². The molecule has 2 aromatic rings. The number of rotatable bonds is 1. The normalized spacial score (nSPS) is 15.3. The Morgan fingerprint density at radius 1 is 1.05 bits per heavy atom. The first-order valence-electron chi connectivity index (χ1n) is 5.82. The highest BCUT2D eigenvalue weighted by molar-refractivity contribution is 6.42. The molecule has 20 heavy (non-hydrogen) atoms.